The zero-order valence-corrected chi connectivity index (χ0v) is 17.6. The van der Waals surface area contributed by atoms with Crippen LogP contribution in [0, 0.1) is 10.1 Å². The van der Waals surface area contributed by atoms with Gasteiger partial charge in [0.2, 0.25) is 0 Å². The van der Waals surface area contributed by atoms with Gasteiger partial charge in [-0.3, -0.25) is 19.9 Å². The van der Waals surface area contributed by atoms with Crippen molar-refractivity contribution in [3.63, 3.8) is 0 Å². The predicted molar refractivity (Wildman–Crippen MR) is 124 cm³/mol. The second kappa shape index (κ2) is 7.41. The van der Waals surface area contributed by atoms with Crippen molar-refractivity contribution in [3.05, 3.63) is 99.6 Å². The molecule has 2 aromatic carbocycles. The summed E-state index contributed by atoms with van der Waals surface area (Å²) in [5.41, 5.74) is 4.78. The minimum Gasteiger partial charge on any atom is -0.460 e. The van der Waals surface area contributed by atoms with Crippen molar-refractivity contribution in [3.8, 4) is 11.3 Å². The number of hydrogen-bond donors (Lipinski definition) is 1. The van der Waals surface area contributed by atoms with Crippen molar-refractivity contribution in [1.29, 1.82) is 0 Å². The summed E-state index contributed by atoms with van der Waals surface area (Å²) in [5, 5.41) is 16.0. The molecule has 33 heavy (non-hydrogen) atoms. The number of nitrogens with zero attached hydrogens (tertiary/aromatic N) is 2. The molecule has 1 N–H and O–H groups in total. The standard InChI is InChI=1S/C26H19N3O4/c30-21-9-3-7-19-25(21)24(17-10-11-18-15(26(17)28-19)6-4-14-27-18)23-13-12-22(33-23)16-5-1-2-8-20(16)29(31)32/h1-2,4-6,8,10-14,24,28H,3,7,9H2. The monoisotopic (exact) mass is 437 g/mol. The average Bonchev–Trinajstić information content (AvgIpc) is 3.32. The Kier molecular flexibility index (Phi) is 4.36. The summed E-state index contributed by atoms with van der Waals surface area (Å²) < 4.78 is 6.23. The van der Waals surface area contributed by atoms with Crippen LogP contribution in [0.5, 0.6) is 0 Å². The quantitative estimate of drug-likeness (QED) is 0.313. The third-order valence-corrected chi connectivity index (χ3v) is 6.43. The van der Waals surface area contributed by atoms with E-state index in [4.69, 9.17) is 4.42 Å². The van der Waals surface area contributed by atoms with Crippen LogP contribution in [-0.2, 0) is 4.79 Å². The van der Waals surface area contributed by atoms with Gasteiger partial charge in [0.15, 0.2) is 5.78 Å². The highest BCUT2D eigenvalue weighted by atomic mass is 16.6. The van der Waals surface area contributed by atoms with Gasteiger partial charge in [0.25, 0.3) is 5.69 Å². The molecule has 0 saturated heterocycles. The number of pyridine rings is 1. The highest BCUT2D eigenvalue weighted by molar-refractivity contribution is 6.04. The molecule has 1 unspecified atom stereocenters. The number of furan rings is 1. The largest absolute Gasteiger partial charge is 0.460 e. The number of para-hydroxylation sites is 1. The highest BCUT2D eigenvalue weighted by Gasteiger charge is 2.37. The first kappa shape index (κ1) is 19.4. The van der Waals surface area contributed by atoms with E-state index in [1.54, 1.807) is 30.5 Å². The number of ketones is 1. The molecule has 1 atom stereocenters. The summed E-state index contributed by atoms with van der Waals surface area (Å²) in [6.07, 6.45) is 3.84. The van der Waals surface area contributed by atoms with E-state index >= 15 is 0 Å². The predicted octanol–water partition coefficient (Wildman–Crippen LogP) is 5.97. The van der Waals surface area contributed by atoms with Gasteiger partial charge in [-0.2, -0.15) is 0 Å². The molecule has 0 radical (unpaired) electrons. The Morgan fingerprint density at radius 1 is 1.03 bits per heavy atom. The lowest BCUT2D eigenvalue weighted by Crippen LogP contribution is -2.26. The molecule has 7 heteroatoms. The van der Waals surface area contributed by atoms with Crippen LogP contribution in [-0.4, -0.2) is 15.7 Å². The summed E-state index contributed by atoms with van der Waals surface area (Å²) >= 11 is 0. The number of fused-ring (bicyclic) bond motifs is 3. The molecule has 2 aromatic heterocycles. The molecule has 162 valence electrons. The smallest absolute Gasteiger partial charge is 0.280 e. The fourth-order valence-corrected chi connectivity index (χ4v) is 4.97. The lowest BCUT2D eigenvalue weighted by Gasteiger charge is -2.33. The van der Waals surface area contributed by atoms with E-state index in [-0.39, 0.29) is 17.4 Å². The second-order valence-corrected chi connectivity index (χ2v) is 8.30. The summed E-state index contributed by atoms with van der Waals surface area (Å²) in [4.78, 5) is 28.6. The number of anilines is 1. The number of aromatic nitrogens is 1. The number of allylic oxidation sites excluding steroid dienone is 2. The summed E-state index contributed by atoms with van der Waals surface area (Å²) in [5.74, 6) is 0.724. The SMILES string of the molecule is O=C1CCCC2=C1C(c1ccc(-c3ccccc3[N+](=O)[O-])o1)c1ccc3ncccc3c1N2. The van der Waals surface area contributed by atoms with Gasteiger partial charge in [0, 0.05) is 35.3 Å². The van der Waals surface area contributed by atoms with E-state index in [9.17, 15) is 14.9 Å². The van der Waals surface area contributed by atoms with Crippen LogP contribution >= 0.6 is 0 Å². The lowest BCUT2D eigenvalue weighted by atomic mass is 9.77. The highest BCUT2D eigenvalue weighted by Crippen LogP contribution is 2.48. The normalized spacial score (nSPS) is 17.5. The zero-order valence-electron chi connectivity index (χ0n) is 17.6. The Labute approximate surface area is 188 Å². The Hall–Kier alpha value is -4.26. The molecule has 0 saturated carbocycles. The molecule has 1 aliphatic heterocycles. The maximum Gasteiger partial charge on any atom is 0.280 e. The number of benzene rings is 2. The maximum atomic E-state index is 13.1. The Balaban J connectivity index is 1.55. The van der Waals surface area contributed by atoms with Gasteiger partial charge < -0.3 is 9.73 Å². The molecule has 4 aromatic rings. The zero-order chi connectivity index (χ0) is 22.5. The van der Waals surface area contributed by atoms with Crippen LogP contribution in [0.2, 0.25) is 0 Å². The molecule has 0 bridgehead atoms. The minimum atomic E-state index is -0.415. The van der Waals surface area contributed by atoms with Gasteiger partial charge in [-0.25, -0.2) is 0 Å². The van der Waals surface area contributed by atoms with Crippen molar-refractivity contribution in [2.45, 2.75) is 25.2 Å². The Morgan fingerprint density at radius 2 is 1.91 bits per heavy atom. The maximum absolute atomic E-state index is 13.1. The van der Waals surface area contributed by atoms with Crippen molar-refractivity contribution in [2.24, 2.45) is 0 Å². The van der Waals surface area contributed by atoms with Gasteiger partial charge in [-0.1, -0.05) is 18.2 Å². The number of rotatable bonds is 3. The van der Waals surface area contributed by atoms with Crippen LogP contribution in [0.3, 0.4) is 0 Å². The Bertz CT molecular complexity index is 1480. The summed E-state index contributed by atoms with van der Waals surface area (Å²) in [6, 6.07) is 17.9. The number of nitro benzene ring substituents is 1. The van der Waals surface area contributed by atoms with E-state index in [1.165, 1.54) is 6.07 Å². The fraction of sp³-hybridized carbons (Fsp3) is 0.154. The second-order valence-electron chi connectivity index (χ2n) is 8.30. The first-order chi connectivity index (χ1) is 16.1. The van der Waals surface area contributed by atoms with Crippen molar-refractivity contribution in [2.75, 3.05) is 5.32 Å². The first-order valence-electron chi connectivity index (χ1n) is 10.9. The van der Waals surface area contributed by atoms with Crippen LogP contribution in [0.25, 0.3) is 22.2 Å². The van der Waals surface area contributed by atoms with Gasteiger partial charge in [-0.05, 0) is 54.8 Å². The molecule has 0 amide bonds. The number of carbonyl (C=O) groups is 1. The number of nitrogens with one attached hydrogen (secondary N) is 1. The van der Waals surface area contributed by atoms with E-state index in [2.05, 4.69) is 10.3 Å². The molecule has 1 aliphatic carbocycles. The first-order valence-corrected chi connectivity index (χ1v) is 10.9. The van der Waals surface area contributed by atoms with Gasteiger partial charge in [-0.15, -0.1) is 0 Å². The molecule has 2 aliphatic rings. The van der Waals surface area contributed by atoms with Crippen molar-refractivity contribution >= 4 is 28.1 Å². The molecule has 0 fully saturated rings. The molecular weight excluding hydrogens is 418 g/mol. The molecule has 3 heterocycles. The topological polar surface area (TPSA) is 98.3 Å². The van der Waals surface area contributed by atoms with E-state index in [0.29, 0.717) is 23.5 Å². The van der Waals surface area contributed by atoms with E-state index in [1.807, 2.05) is 30.3 Å². The molecular formula is C26H19N3O4. The van der Waals surface area contributed by atoms with Crippen LogP contribution in [0.4, 0.5) is 11.4 Å². The van der Waals surface area contributed by atoms with E-state index in [0.717, 1.165) is 46.3 Å². The number of hydrogen-bond acceptors (Lipinski definition) is 6. The fourth-order valence-electron chi connectivity index (χ4n) is 4.97. The lowest BCUT2D eigenvalue weighted by molar-refractivity contribution is -0.384. The Morgan fingerprint density at radius 3 is 2.79 bits per heavy atom. The van der Waals surface area contributed by atoms with Crippen molar-refractivity contribution in [1.82, 2.24) is 4.98 Å². The van der Waals surface area contributed by atoms with Crippen LogP contribution in [0.1, 0.15) is 36.5 Å². The number of carbonyl (C=O) groups excluding carboxylic acids is 1. The average molecular weight is 437 g/mol. The minimum absolute atomic E-state index is 0.0187. The summed E-state index contributed by atoms with van der Waals surface area (Å²) in [7, 11) is 0. The number of Topliss-reactive ketones (excluding diaryl/α,β-unsaturated/α-hetero) is 1. The third-order valence-electron chi connectivity index (χ3n) is 6.43. The van der Waals surface area contributed by atoms with Crippen LogP contribution in [0.15, 0.2) is 82.5 Å². The van der Waals surface area contributed by atoms with Gasteiger partial charge in [0.05, 0.1) is 27.6 Å². The molecule has 0 spiro atoms. The van der Waals surface area contributed by atoms with Crippen LogP contribution < -0.4 is 5.32 Å². The molecule has 7 nitrogen and oxygen atoms in total. The van der Waals surface area contributed by atoms with E-state index < -0.39 is 4.92 Å². The van der Waals surface area contributed by atoms with Gasteiger partial charge in [0.1, 0.15) is 11.5 Å². The van der Waals surface area contributed by atoms with Crippen molar-refractivity contribution < 1.29 is 14.1 Å². The third kappa shape index (κ3) is 3.04. The molecule has 6 rings (SSSR count). The summed E-state index contributed by atoms with van der Waals surface area (Å²) in [6.45, 7) is 0. The van der Waals surface area contributed by atoms with Gasteiger partial charge >= 0.3 is 0 Å². The number of nitro groups is 1.